The van der Waals surface area contributed by atoms with Gasteiger partial charge in [-0.05, 0) is 51.2 Å². The number of rotatable bonds is 7. The Morgan fingerprint density at radius 1 is 1.27 bits per heavy atom. The molecule has 1 amide bonds. The summed E-state index contributed by atoms with van der Waals surface area (Å²) in [5, 5.41) is 13.7. The molecular weight excluding hydrogens is 416 g/mol. The van der Waals surface area contributed by atoms with Crippen molar-refractivity contribution in [3.63, 3.8) is 0 Å². The molecule has 1 aliphatic rings. The third-order valence-corrected chi connectivity index (χ3v) is 5.72. The Bertz CT molecular complexity index is 993. The lowest BCUT2D eigenvalue weighted by molar-refractivity contribution is -0.402. The van der Waals surface area contributed by atoms with Gasteiger partial charge in [-0.25, -0.2) is 9.59 Å². The number of carbonyl (C=O) groups is 3. The minimum Gasteiger partial charge on any atom is -0.462 e. The van der Waals surface area contributed by atoms with E-state index in [1.807, 2.05) is 0 Å². The molecule has 0 saturated carbocycles. The molecule has 160 valence electrons. The number of hydrogen-bond acceptors (Lipinski definition) is 9. The summed E-state index contributed by atoms with van der Waals surface area (Å²) in [5.74, 6) is -3.16. The standard InChI is InChI=1S/C19H20N2O8S/c1-3-27-19(24)15-11-6-4-5-7-13(11)30-17(15)20-16(22)10(2)28-18(23)12-8-9-14(29-12)21(25)26/h8-10H,3-7H2,1-2H3,(H,20,22). The summed E-state index contributed by atoms with van der Waals surface area (Å²) in [6.45, 7) is 3.26. The van der Waals surface area contributed by atoms with Crippen molar-refractivity contribution in [3.05, 3.63) is 44.0 Å². The van der Waals surface area contributed by atoms with E-state index in [2.05, 4.69) is 5.32 Å². The molecule has 1 aliphatic carbocycles. The van der Waals surface area contributed by atoms with Crippen LogP contribution in [0.1, 0.15) is 58.0 Å². The van der Waals surface area contributed by atoms with Crippen molar-refractivity contribution >= 4 is 40.1 Å². The van der Waals surface area contributed by atoms with Gasteiger partial charge in [-0.1, -0.05) is 0 Å². The number of nitro groups is 1. The van der Waals surface area contributed by atoms with Crippen molar-refractivity contribution < 1.29 is 33.2 Å². The van der Waals surface area contributed by atoms with Crippen LogP contribution >= 0.6 is 11.3 Å². The third kappa shape index (κ3) is 4.51. The average Bonchev–Trinajstić information content (AvgIpc) is 3.33. The topological polar surface area (TPSA) is 138 Å². The van der Waals surface area contributed by atoms with Gasteiger partial charge in [0.25, 0.3) is 5.91 Å². The summed E-state index contributed by atoms with van der Waals surface area (Å²) in [5.41, 5.74) is 1.25. The Morgan fingerprint density at radius 2 is 2.00 bits per heavy atom. The molecule has 2 heterocycles. The number of amides is 1. The highest BCUT2D eigenvalue weighted by molar-refractivity contribution is 7.17. The Morgan fingerprint density at radius 3 is 2.67 bits per heavy atom. The van der Waals surface area contributed by atoms with Crippen LogP contribution in [0.3, 0.4) is 0 Å². The van der Waals surface area contributed by atoms with Gasteiger partial charge in [0, 0.05) is 4.88 Å². The van der Waals surface area contributed by atoms with Crippen molar-refractivity contribution in [2.75, 3.05) is 11.9 Å². The first-order valence-electron chi connectivity index (χ1n) is 9.39. The summed E-state index contributed by atoms with van der Waals surface area (Å²) in [6.07, 6.45) is 2.29. The molecule has 0 saturated heterocycles. The first-order chi connectivity index (χ1) is 14.3. The number of furan rings is 1. The Balaban J connectivity index is 1.73. The molecule has 0 spiro atoms. The molecule has 2 aromatic heterocycles. The van der Waals surface area contributed by atoms with Crippen LogP contribution in [-0.4, -0.2) is 35.5 Å². The van der Waals surface area contributed by atoms with Gasteiger partial charge in [0.15, 0.2) is 6.10 Å². The lowest BCUT2D eigenvalue weighted by Crippen LogP contribution is -2.30. The molecule has 1 N–H and O–H groups in total. The number of anilines is 1. The van der Waals surface area contributed by atoms with E-state index in [1.54, 1.807) is 6.92 Å². The van der Waals surface area contributed by atoms with E-state index < -0.39 is 34.8 Å². The largest absolute Gasteiger partial charge is 0.462 e. The van der Waals surface area contributed by atoms with Gasteiger partial charge >= 0.3 is 17.8 Å². The molecule has 2 aromatic rings. The van der Waals surface area contributed by atoms with Gasteiger partial charge in [-0.15, -0.1) is 11.3 Å². The van der Waals surface area contributed by atoms with Gasteiger partial charge in [-0.3, -0.25) is 14.9 Å². The predicted molar refractivity (Wildman–Crippen MR) is 106 cm³/mol. The number of esters is 2. The quantitative estimate of drug-likeness (QED) is 0.395. The number of fused-ring (bicyclic) bond motifs is 1. The lowest BCUT2D eigenvalue weighted by Gasteiger charge is -2.14. The second kappa shape index (κ2) is 9.08. The molecule has 0 aromatic carbocycles. The van der Waals surface area contributed by atoms with E-state index in [-0.39, 0.29) is 12.4 Å². The summed E-state index contributed by atoms with van der Waals surface area (Å²) >= 11 is 1.32. The third-order valence-electron chi connectivity index (χ3n) is 4.51. The molecule has 10 nitrogen and oxygen atoms in total. The Kier molecular flexibility index (Phi) is 6.50. The highest BCUT2D eigenvalue weighted by Crippen LogP contribution is 2.38. The van der Waals surface area contributed by atoms with Crippen LogP contribution in [-0.2, 0) is 27.1 Å². The SMILES string of the molecule is CCOC(=O)c1c(NC(=O)C(C)OC(=O)c2ccc([N+](=O)[O-])o2)sc2c1CCCC2. The van der Waals surface area contributed by atoms with Crippen molar-refractivity contribution in [1.29, 1.82) is 0 Å². The smallest absolute Gasteiger partial charge is 0.433 e. The van der Waals surface area contributed by atoms with Crippen molar-refractivity contribution in [3.8, 4) is 0 Å². The van der Waals surface area contributed by atoms with Crippen LogP contribution in [0.5, 0.6) is 0 Å². The number of thiophene rings is 1. The van der Waals surface area contributed by atoms with E-state index in [0.29, 0.717) is 10.6 Å². The maximum Gasteiger partial charge on any atom is 0.433 e. The zero-order chi connectivity index (χ0) is 21.8. The first kappa shape index (κ1) is 21.5. The molecule has 11 heteroatoms. The average molecular weight is 436 g/mol. The highest BCUT2D eigenvalue weighted by Gasteiger charge is 2.29. The number of nitrogens with one attached hydrogen (secondary N) is 1. The van der Waals surface area contributed by atoms with Crippen LogP contribution in [0.25, 0.3) is 0 Å². The fourth-order valence-electron chi connectivity index (χ4n) is 3.09. The lowest BCUT2D eigenvalue weighted by atomic mass is 9.95. The Hall–Kier alpha value is -3.21. The number of aryl methyl sites for hydroxylation is 1. The normalized spacial score (nSPS) is 13.8. The summed E-state index contributed by atoms with van der Waals surface area (Å²) in [7, 11) is 0. The van der Waals surface area contributed by atoms with Crippen LogP contribution < -0.4 is 5.32 Å². The van der Waals surface area contributed by atoms with Crippen LogP contribution in [0.2, 0.25) is 0 Å². The zero-order valence-corrected chi connectivity index (χ0v) is 17.2. The van der Waals surface area contributed by atoms with E-state index >= 15 is 0 Å². The van der Waals surface area contributed by atoms with Gasteiger partial charge in [0.1, 0.15) is 9.92 Å². The minimum absolute atomic E-state index is 0.208. The van der Waals surface area contributed by atoms with Crippen molar-refractivity contribution in [1.82, 2.24) is 0 Å². The fraction of sp³-hybridized carbons (Fsp3) is 0.421. The molecule has 0 aliphatic heterocycles. The summed E-state index contributed by atoms with van der Waals surface area (Å²) in [4.78, 5) is 48.0. The van der Waals surface area contributed by atoms with Gasteiger partial charge in [0.05, 0.1) is 18.2 Å². The molecule has 1 unspecified atom stereocenters. The highest BCUT2D eigenvalue weighted by atomic mass is 32.1. The van der Waals surface area contributed by atoms with E-state index in [9.17, 15) is 24.5 Å². The van der Waals surface area contributed by atoms with Gasteiger partial charge < -0.3 is 19.2 Å². The number of hydrogen-bond donors (Lipinski definition) is 1. The van der Waals surface area contributed by atoms with E-state index in [1.165, 1.54) is 18.3 Å². The molecule has 0 fully saturated rings. The van der Waals surface area contributed by atoms with Crippen LogP contribution in [0, 0.1) is 10.1 Å². The van der Waals surface area contributed by atoms with Gasteiger partial charge in [-0.2, -0.15) is 0 Å². The first-order valence-corrected chi connectivity index (χ1v) is 10.2. The number of carbonyl (C=O) groups excluding carboxylic acids is 3. The predicted octanol–water partition coefficient (Wildman–Crippen LogP) is 3.49. The minimum atomic E-state index is -1.23. The molecular formula is C19H20N2O8S. The fourth-order valence-corrected chi connectivity index (χ4v) is 4.37. The number of ether oxygens (including phenoxy) is 2. The molecule has 30 heavy (non-hydrogen) atoms. The van der Waals surface area contributed by atoms with Crippen LogP contribution in [0.4, 0.5) is 10.9 Å². The van der Waals surface area contributed by atoms with E-state index in [0.717, 1.165) is 48.3 Å². The van der Waals surface area contributed by atoms with Crippen molar-refractivity contribution in [2.24, 2.45) is 0 Å². The maximum absolute atomic E-state index is 12.6. The second-order valence-electron chi connectivity index (χ2n) is 6.57. The molecule has 0 bridgehead atoms. The molecule has 0 radical (unpaired) electrons. The molecule has 1 atom stereocenters. The van der Waals surface area contributed by atoms with Gasteiger partial charge in [0.2, 0.25) is 5.76 Å². The monoisotopic (exact) mass is 436 g/mol. The number of nitrogens with zero attached hydrogens (tertiary/aromatic N) is 1. The van der Waals surface area contributed by atoms with E-state index in [4.69, 9.17) is 13.9 Å². The molecule has 3 rings (SSSR count). The zero-order valence-electron chi connectivity index (χ0n) is 16.4. The van der Waals surface area contributed by atoms with Crippen molar-refractivity contribution in [2.45, 2.75) is 45.6 Å². The Labute approximate surface area is 175 Å². The second-order valence-corrected chi connectivity index (χ2v) is 7.67. The summed E-state index contributed by atoms with van der Waals surface area (Å²) < 4.78 is 15.0. The summed E-state index contributed by atoms with van der Waals surface area (Å²) in [6, 6.07) is 2.11. The maximum atomic E-state index is 12.6. The van der Waals surface area contributed by atoms with Crippen LogP contribution in [0.15, 0.2) is 16.5 Å².